The number of halogens is 2. The van der Waals surface area contributed by atoms with Crippen LogP contribution in [0.4, 0.5) is 5.00 Å². The molecule has 1 fully saturated rings. The number of benzene rings is 1. The molecule has 4 rings (SSSR count). The van der Waals surface area contributed by atoms with Gasteiger partial charge in [-0.05, 0) is 53.9 Å². The molecule has 1 aliphatic carbocycles. The summed E-state index contributed by atoms with van der Waals surface area (Å²) in [6.45, 7) is 11.5. The van der Waals surface area contributed by atoms with Crippen LogP contribution in [0.15, 0.2) is 18.2 Å². The van der Waals surface area contributed by atoms with Gasteiger partial charge in [-0.3, -0.25) is 14.6 Å². The van der Waals surface area contributed by atoms with E-state index in [9.17, 15) is 10.1 Å². The van der Waals surface area contributed by atoms with Gasteiger partial charge in [-0.25, -0.2) is 0 Å². The normalized spacial score (nSPS) is 19.3. The first-order chi connectivity index (χ1) is 16.7. The average Bonchev–Trinajstić information content (AvgIpc) is 3.18. The number of rotatable bonds is 7. The van der Waals surface area contributed by atoms with Crippen LogP contribution in [-0.2, 0) is 24.2 Å². The molecular formula is C27H34Cl2N4OS. The maximum Gasteiger partial charge on any atom is 0.239 e. The van der Waals surface area contributed by atoms with Crippen LogP contribution >= 0.6 is 34.5 Å². The third kappa shape index (κ3) is 6.21. The Morgan fingerprint density at radius 2 is 1.91 bits per heavy atom. The monoisotopic (exact) mass is 532 g/mol. The lowest BCUT2D eigenvalue weighted by Gasteiger charge is -2.36. The first kappa shape index (κ1) is 26.4. The van der Waals surface area contributed by atoms with E-state index in [4.69, 9.17) is 23.2 Å². The highest BCUT2D eigenvalue weighted by molar-refractivity contribution is 7.16. The molecule has 1 atom stereocenters. The summed E-state index contributed by atoms with van der Waals surface area (Å²) in [5.41, 5.74) is 3.27. The van der Waals surface area contributed by atoms with Crippen LogP contribution in [0.25, 0.3) is 0 Å². The number of nitrogens with zero attached hydrogens (tertiary/aromatic N) is 3. The summed E-state index contributed by atoms with van der Waals surface area (Å²) in [4.78, 5) is 18.7. The molecule has 1 saturated heterocycles. The van der Waals surface area contributed by atoms with Gasteiger partial charge in [-0.1, -0.05) is 56.5 Å². The van der Waals surface area contributed by atoms with Crippen molar-refractivity contribution in [2.24, 2.45) is 11.3 Å². The van der Waals surface area contributed by atoms with E-state index in [1.165, 1.54) is 4.88 Å². The zero-order valence-corrected chi connectivity index (χ0v) is 23.1. The molecule has 0 saturated carbocycles. The van der Waals surface area contributed by atoms with Crippen LogP contribution < -0.4 is 5.32 Å². The van der Waals surface area contributed by atoms with Crippen molar-refractivity contribution in [2.75, 3.05) is 38.0 Å². The Kier molecular flexibility index (Phi) is 8.45. The van der Waals surface area contributed by atoms with Gasteiger partial charge in [0.25, 0.3) is 0 Å². The summed E-state index contributed by atoms with van der Waals surface area (Å²) >= 11 is 13.8. The number of thiophene rings is 1. The molecule has 0 radical (unpaired) electrons. The Morgan fingerprint density at radius 1 is 1.20 bits per heavy atom. The summed E-state index contributed by atoms with van der Waals surface area (Å²) in [5, 5.41) is 14.8. The Morgan fingerprint density at radius 3 is 2.57 bits per heavy atom. The Bertz CT molecular complexity index is 1120. The highest BCUT2D eigenvalue weighted by Gasteiger charge is 2.34. The predicted octanol–water partition coefficient (Wildman–Crippen LogP) is 6.22. The van der Waals surface area contributed by atoms with Crippen molar-refractivity contribution in [1.29, 1.82) is 5.26 Å². The van der Waals surface area contributed by atoms with Crippen molar-refractivity contribution in [1.82, 2.24) is 9.80 Å². The third-order valence-corrected chi connectivity index (χ3v) is 9.78. The van der Waals surface area contributed by atoms with Gasteiger partial charge in [0.05, 0.1) is 22.2 Å². The van der Waals surface area contributed by atoms with E-state index in [-0.39, 0.29) is 5.91 Å². The van der Waals surface area contributed by atoms with Crippen LogP contribution in [0.5, 0.6) is 0 Å². The van der Waals surface area contributed by atoms with E-state index in [0.29, 0.717) is 33.5 Å². The largest absolute Gasteiger partial charge is 0.315 e. The van der Waals surface area contributed by atoms with Crippen LogP contribution in [0, 0.1) is 22.7 Å². The van der Waals surface area contributed by atoms with Crippen molar-refractivity contribution in [2.45, 2.75) is 53.0 Å². The van der Waals surface area contributed by atoms with Crippen molar-refractivity contribution < 1.29 is 4.79 Å². The van der Waals surface area contributed by atoms with E-state index in [1.807, 2.05) is 18.2 Å². The van der Waals surface area contributed by atoms with E-state index < -0.39 is 0 Å². The van der Waals surface area contributed by atoms with Gasteiger partial charge in [-0.15, -0.1) is 11.3 Å². The molecule has 1 aromatic heterocycles. The smallest absolute Gasteiger partial charge is 0.239 e. The minimum atomic E-state index is -0.0385. The molecule has 1 aromatic carbocycles. The minimum absolute atomic E-state index is 0.0385. The summed E-state index contributed by atoms with van der Waals surface area (Å²) in [6.07, 6.45) is 4.19. The fraction of sp³-hybridized carbons (Fsp3) is 0.556. The van der Waals surface area contributed by atoms with Crippen LogP contribution in [0.1, 0.15) is 55.2 Å². The predicted molar refractivity (Wildman–Crippen MR) is 145 cm³/mol. The van der Waals surface area contributed by atoms with Gasteiger partial charge < -0.3 is 5.32 Å². The second-order valence-electron chi connectivity index (χ2n) is 10.5. The topological polar surface area (TPSA) is 59.4 Å². The van der Waals surface area contributed by atoms with Crippen LogP contribution in [-0.4, -0.2) is 48.4 Å². The number of amides is 1. The number of nitriles is 1. The van der Waals surface area contributed by atoms with Crippen molar-refractivity contribution >= 4 is 45.4 Å². The molecule has 0 spiro atoms. The highest BCUT2D eigenvalue weighted by atomic mass is 35.5. The van der Waals surface area contributed by atoms with Crippen molar-refractivity contribution in [3.63, 3.8) is 0 Å². The first-order valence-corrected chi connectivity index (χ1v) is 14.0. The number of carbonyl (C=O) groups excluding carboxylic acids is 1. The van der Waals surface area contributed by atoms with Crippen LogP contribution in [0.3, 0.4) is 0 Å². The number of piperazine rings is 1. The quantitative estimate of drug-likeness (QED) is 0.459. The SMILES string of the molecule is CCC(C)(C)C1CCc2c(sc(NC(=O)CN3CCN(Cc4ccc(Cl)c(Cl)c4)CC3)c2C#N)C1. The third-order valence-electron chi connectivity index (χ3n) is 7.87. The Hall–Kier alpha value is -1.62. The molecule has 2 aliphatic rings. The maximum atomic E-state index is 12.9. The first-order valence-electron chi connectivity index (χ1n) is 12.4. The molecule has 8 heteroatoms. The lowest BCUT2D eigenvalue weighted by Crippen LogP contribution is -2.48. The average molecular weight is 534 g/mol. The van der Waals surface area contributed by atoms with Crippen molar-refractivity contribution in [3.05, 3.63) is 49.8 Å². The van der Waals surface area contributed by atoms with E-state index in [0.717, 1.165) is 74.5 Å². The van der Waals surface area contributed by atoms with E-state index in [1.54, 1.807) is 11.3 Å². The van der Waals surface area contributed by atoms with Crippen molar-refractivity contribution in [3.8, 4) is 6.07 Å². The Balaban J connectivity index is 1.31. The molecule has 1 unspecified atom stereocenters. The number of nitrogens with one attached hydrogen (secondary N) is 1. The number of hydrogen-bond acceptors (Lipinski definition) is 5. The standard InChI is InChI=1S/C27H34Cl2N4OS/c1-4-27(2,3)19-6-7-20-21(15-30)26(35-24(20)14-19)31-25(34)17-33-11-9-32(10-12-33)16-18-5-8-22(28)23(29)13-18/h5,8,13,19H,4,6-7,9-12,14,16-17H2,1-3H3,(H,31,34). The summed E-state index contributed by atoms with van der Waals surface area (Å²) in [5.74, 6) is 0.581. The van der Waals surface area contributed by atoms with E-state index in [2.05, 4.69) is 42.0 Å². The molecule has 1 amide bonds. The fourth-order valence-corrected chi connectivity index (χ4v) is 6.73. The number of hydrogen-bond donors (Lipinski definition) is 1. The molecule has 35 heavy (non-hydrogen) atoms. The fourth-order valence-electron chi connectivity index (χ4n) is 5.12. The van der Waals surface area contributed by atoms with Gasteiger partial charge in [0, 0.05) is 37.6 Å². The highest BCUT2D eigenvalue weighted by Crippen LogP contribution is 2.45. The second kappa shape index (κ2) is 11.2. The Labute approximate surface area is 223 Å². The minimum Gasteiger partial charge on any atom is -0.315 e. The summed E-state index contributed by atoms with van der Waals surface area (Å²) in [6, 6.07) is 8.14. The lowest BCUT2D eigenvalue weighted by molar-refractivity contribution is -0.117. The van der Waals surface area contributed by atoms with Gasteiger partial charge in [-0.2, -0.15) is 5.26 Å². The number of carbonyl (C=O) groups is 1. The molecule has 5 nitrogen and oxygen atoms in total. The van der Waals surface area contributed by atoms with E-state index >= 15 is 0 Å². The maximum absolute atomic E-state index is 12.9. The summed E-state index contributed by atoms with van der Waals surface area (Å²) < 4.78 is 0. The van der Waals surface area contributed by atoms with Gasteiger partial charge in [0.15, 0.2) is 0 Å². The molecule has 2 heterocycles. The van der Waals surface area contributed by atoms with Gasteiger partial charge in [0.2, 0.25) is 5.91 Å². The lowest BCUT2D eigenvalue weighted by atomic mass is 9.69. The molecule has 1 aliphatic heterocycles. The zero-order chi connectivity index (χ0) is 25.2. The molecular weight excluding hydrogens is 499 g/mol. The molecule has 2 aromatic rings. The van der Waals surface area contributed by atoms with Crippen LogP contribution in [0.2, 0.25) is 10.0 Å². The molecule has 1 N–H and O–H groups in total. The molecule has 188 valence electrons. The number of fused-ring (bicyclic) bond motifs is 1. The van der Waals surface area contributed by atoms with Gasteiger partial charge in [0.1, 0.15) is 11.1 Å². The van der Waals surface area contributed by atoms with Gasteiger partial charge >= 0.3 is 0 Å². The zero-order valence-electron chi connectivity index (χ0n) is 20.8. The molecule has 0 bridgehead atoms. The second-order valence-corrected chi connectivity index (χ2v) is 12.4. The summed E-state index contributed by atoms with van der Waals surface area (Å²) in [7, 11) is 0. The number of anilines is 1.